The van der Waals surface area contributed by atoms with Gasteiger partial charge in [0.05, 0.1) is 10.6 Å². The number of imide groups is 2. The monoisotopic (exact) mass is 534 g/mol. The zero-order valence-electron chi connectivity index (χ0n) is 19.8. The molecule has 2 N–H and O–H groups in total. The molecular weight excluding hydrogens is 516 g/mol. The number of hydrogen-bond acceptors (Lipinski definition) is 7. The van der Waals surface area contributed by atoms with Crippen LogP contribution in [-0.4, -0.2) is 35.3 Å². The summed E-state index contributed by atoms with van der Waals surface area (Å²) in [5.41, 5.74) is 0.839. The second kappa shape index (κ2) is 10.9. The summed E-state index contributed by atoms with van der Waals surface area (Å²) in [6, 6.07) is 15.4. The molecule has 0 saturated carbocycles. The molecule has 1 aliphatic heterocycles. The van der Waals surface area contributed by atoms with E-state index in [0.717, 1.165) is 17.7 Å². The van der Waals surface area contributed by atoms with Gasteiger partial charge in [0.15, 0.2) is 6.61 Å². The molecule has 0 radical (unpaired) electrons. The van der Waals surface area contributed by atoms with Crippen LogP contribution in [0.5, 0.6) is 5.75 Å². The van der Waals surface area contributed by atoms with Gasteiger partial charge in [0.1, 0.15) is 11.3 Å². The number of benzene rings is 3. The summed E-state index contributed by atoms with van der Waals surface area (Å²) >= 11 is 6.11. The number of nitrogens with one attached hydrogen (secondary N) is 2. The van der Waals surface area contributed by atoms with Gasteiger partial charge < -0.3 is 10.1 Å². The number of anilines is 2. The van der Waals surface area contributed by atoms with Crippen LogP contribution >= 0.6 is 11.6 Å². The van der Waals surface area contributed by atoms with E-state index < -0.39 is 34.2 Å². The van der Waals surface area contributed by atoms with Gasteiger partial charge in [-0.25, -0.2) is 9.69 Å². The van der Waals surface area contributed by atoms with Crippen molar-refractivity contribution in [1.29, 1.82) is 0 Å². The standard InChI is InChI=1S/C26H19ClN4O7/c1-15-4-2-5-18(10-15)28-23(32)14-38-22-9-8-17(27)11-16(22)12-21-24(33)29-26(35)30(25(21)34)19-6-3-7-20(13-19)31(36)37/h2-13H,14H2,1H3,(H,28,32)(H,29,33,35)/b21-12+. The molecule has 0 aromatic heterocycles. The second-order valence-corrected chi connectivity index (χ2v) is 8.56. The third-order valence-corrected chi connectivity index (χ3v) is 5.57. The summed E-state index contributed by atoms with van der Waals surface area (Å²) in [6.45, 7) is 1.50. The number of urea groups is 1. The normalized spacial score (nSPS) is 14.3. The summed E-state index contributed by atoms with van der Waals surface area (Å²) in [7, 11) is 0. The van der Waals surface area contributed by atoms with Crippen molar-refractivity contribution in [2.45, 2.75) is 6.92 Å². The molecule has 12 heteroatoms. The maximum absolute atomic E-state index is 13.2. The Balaban J connectivity index is 1.60. The van der Waals surface area contributed by atoms with Crippen molar-refractivity contribution in [3.63, 3.8) is 0 Å². The number of barbiturate groups is 1. The highest BCUT2D eigenvalue weighted by Crippen LogP contribution is 2.29. The number of nitro groups is 1. The van der Waals surface area contributed by atoms with Gasteiger partial charge >= 0.3 is 6.03 Å². The number of ether oxygens (including phenoxy) is 1. The number of nitro benzene ring substituents is 1. The molecule has 3 aromatic rings. The number of carbonyl (C=O) groups excluding carboxylic acids is 4. The molecule has 11 nitrogen and oxygen atoms in total. The summed E-state index contributed by atoms with van der Waals surface area (Å²) in [6.07, 6.45) is 1.16. The first-order valence-electron chi connectivity index (χ1n) is 11.1. The van der Waals surface area contributed by atoms with Crippen LogP contribution < -0.4 is 20.3 Å². The summed E-state index contributed by atoms with van der Waals surface area (Å²) in [5.74, 6) is -2.30. The first-order chi connectivity index (χ1) is 18.1. The zero-order valence-corrected chi connectivity index (χ0v) is 20.5. The Labute approximate surface area is 220 Å². The molecule has 1 heterocycles. The van der Waals surface area contributed by atoms with Crippen LogP contribution in [0.2, 0.25) is 5.02 Å². The van der Waals surface area contributed by atoms with E-state index in [0.29, 0.717) is 10.6 Å². The zero-order chi connectivity index (χ0) is 27.4. The Hall–Kier alpha value is -5.03. The number of nitrogens with zero attached hydrogens (tertiary/aromatic N) is 2. The average molecular weight is 535 g/mol. The van der Waals surface area contributed by atoms with Crippen LogP contribution in [0.25, 0.3) is 6.08 Å². The van der Waals surface area contributed by atoms with Crippen LogP contribution in [0, 0.1) is 17.0 Å². The first-order valence-corrected chi connectivity index (χ1v) is 11.4. The van der Waals surface area contributed by atoms with E-state index in [1.807, 2.05) is 18.3 Å². The van der Waals surface area contributed by atoms with E-state index in [-0.39, 0.29) is 34.3 Å². The maximum Gasteiger partial charge on any atom is 0.335 e. The van der Waals surface area contributed by atoms with Crippen molar-refractivity contribution in [3.8, 4) is 5.75 Å². The maximum atomic E-state index is 13.2. The number of amides is 5. The highest BCUT2D eigenvalue weighted by atomic mass is 35.5. The van der Waals surface area contributed by atoms with Crippen LogP contribution in [0.1, 0.15) is 11.1 Å². The minimum absolute atomic E-state index is 0.101. The average Bonchev–Trinajstić information content (AvgIpc) is 2.86. The van der Waals surface area contributed by atoms with Crippen LogP contribution in [0.15, 0.2) is 72.3 Å². The Morgan fingerprint density at radius 1 is 1.11 bits per heavy atom. The first kappa shape index (κ1) is 26.0. The minimum atomic E-state index is -1.06. The highest BCUT2D eigenvalue weighted by Gasteiger charge is 2.37. The van der Waals surface area contributed by atoms with Gasteiger partial charge in [0, 0.05) is 28.4 Å². The smallest absolute Gasteiger partial charge is 0.335 e. The Morgan fingerprint density at radius 2 is 1.87 bits per heavy atom. The van der Waals surface area contributed by atoms with Crippen molar-refractivity contribution < 1.29 is 28.8 Å². The van der Waals surface area contributed by atoms with Crippen molar-refractivity contribution in [1.82, 2.24) is 5.32 Å². The summed E-state index contributed by atoms with van der Waals surface area (Å²) < 4.78 is 5.63. The molecule has 0 spiro atoms. The molecule has 192 valence electrons. The number of hydrogen-bond donors (Lipinski definition) is 2. The molecule has 1 saturated heterocycles. The van der Waals surface area contributed by atoms with Crippen molar-refractivity contribution in [2.75, 3.05) is 16.8 Å². The lowest BCUT2D eigenvalue weighted by atomic mass is 10.1. The van der Waals surface area contributed by atoms with Gasteiger partial charge in [-0.15, -0.1) is 0 Å². The molecule has 0 aliphatic carbocycles. The molecule has 1 aliphatic rings. The number of aryl methyl sites for hydroxylation is 1. The van der Waals surface area contributed by atoms with Gasteiger partial charge in [0.2, 0.25) is 0 Å². The number of carbonyl (C=O) groups is 4. The third-order valence-electron chi connectivity index (χ3n) is 5.33. The number of halogens is 1. The predicted molar refractivity (Wildman–Crippen MR) is 139 cm³/mol. The number of rotatable bonds is 7. The number of non-ortho nitro benzene ring substituents is 1. The SMILES string of the molecule is Cc1cccc(NC(=O)COc2ccc(Cl)cc2/C=C2\C(=O)NC(=O)N(c3cccc([N+](=O)[O-])c3)C2=O)c1. The lowest BCUT2D eigenvalue weighted by Gasteiger charge is -2.26. The molecule has 0 bridgehead atoms. The fourth-order valence-corrected chi connectivity index (χ4v) is 3.80. The molecule has 3 aromatic carbocycles. The third kappa shape index (κ3) is 5.85. The molecule has 0 unspecified atom stereocenters. The quantitative estimate of drug-likeness (QED) is 0.199. The van der Waals surface area contributed by atoms with E-state index in [1.54, 1.807) is 18.2 Å². The van der Waals surface area contributed by atoms with Crippen LogP contribution in [-0.2, 0) is 14.4 Å². The van der Waals surface area contributed by atoms with Gasteiger partial charge in [-0.05, 0) is 55.0 Å². The fraction of sp³-hybridized carbons (Fsp3) is 0.0769. The highest BCUT2D eigenvalue weighted by molar-refractivity contribution is 6.39. The van der Waals surface area contributed by atoms with E-state index in [2.05, 4.69) is 5.32 Å². The molecule has 38 heavy (non-hydrogen) atoms. The Bertz CT molecular complexity index is 1520. The van der Waals surface area contributed by atoms with Crippen molar-refractivity contribution in [2.24, 2.45) is 0 Å². The lowest BCUT2D eigenvalue weighted by Crippen LogP contribution is -2.54. The van der Waals surface area contributed by atoms with Crippen molar-refractivity contribution >= 4 is 58.5 Å². The molecular formula is C26H19ClN4O7. The largest absolute Gasteiger partial charge is 0.483 e. The Kier molecular flexibility index (Phi) is 7.49. The molecule has 0 atom stereocenters. The molecule has 4 rings (SSSR count). The van der Waals surface area contributed by atoms with E-state index in [4.69, 9.17) is 16.3 Å². The van der Waals surface area contributed by atoms with E-state index >= 15 is 0 Å². The van der Waals surface area contributed by atoms with Gasteiger partial charge in [-0.3, -0.25) is 29.8 Å². The van der Waals surface area contributed by atoms with Gasteiger partial charge in [-0.2, -0.15) is 0 Å². The van der Waals surface area contributed by atoms with Crippen LogP contribution in [0.3, 0.4) is 0 Å². The topological polar surface area (TPSA) is 148 Å². The predicted octanol–water partition coefficient (Wildman–Crippen LogP) is 4.24. The minimum Gasteiger partial charge on any atom is -0.483 e. The Morgan fingerprint density at radius 3 is 2.61 bits per heavy atom. The van der Waals surface area contributed by atoms with E-state index in [9.17, 15) is 29.3 Å². The van der Waals surface area contributed by atoms with Gasteiger partial charge in [-0.1, -0.05) is 29.8 Å². The lowest BCUT2D eigenvalue weighted by molar-refractivity contribution is -0.384. The van der Waals surface area contributed by atoms with Crippen LogP contribution in [0.4, 0.5) is 21.9 Å². The molecule has 1 fully saturated rings. The van der Waals surface area contributed by atoms with E-state index in [1.165, 1.54) is 36.4 Å². The summed E-state index contributed by atoms with van der Waals surface area (Å²) in [4.78, 5) is 61.7. The summed E-state index contributed by atoms with van der Waals surface area (Å²) in [5, 5.41) is 16.1. The van der Waals surface area contributed by atoms with Gasteiger partial charge in [0.25, 0.3) is 23.4 Å². The van der Waals surface area contributed by atoms with Crippen molar-refractivity contribution in [3.05, 3.63) is 98.6 Å². The fourth-order valence-electron chi connectivity index (χ4n) is 3.62. The second-order valence-electron chi connectivity index (χ2n) is 8.12. The molecule has 5 amide bonds.